The molecule has 0 spiro atoms. The standard InChI is InChI=1S/C23H29FN4O4S/c1-3-16(2)21(23(30)26-20-8-4-5-13-25-20)27-22(29)17-7-6-14-28(15-17)33(31,32)19-11-9-18(24)10-12-19/h4-5,8-13,16-17,21H,3,6-7,14-15H2,1-2H3,(H,27,29)(H,25,26,30)/t16?,17?,21-/m1/s1. The van der Waals surface area contributed by atoms with Gasteiger partial charge >= 0.3 is 0 Å². The number of pyridine rings is 1. The molecule has 1 aliphatic heterocycles. The molecule has 33 heavy (non-hydrogen) atoms. The molecule has 1 aromatic heterocycles. The SMILES string of the molecule is CCC(C)[C@@H](NC(=O)C1CCCN(S(=O)(=O)c2ccc(F)cc2)C1)C(=O)Nc1ccccn1. The quantitative estimate of drug-likeness (QED) is 0.609. The number of rotatable bonds is 8. The van der Waals surface area contributed by atoms with E-state index in [1.54, 1.807) is 24.4 Å². The Balaban J connectivity index is 1.70. The third kappa shape index (κ3) is 6.14. The van der Waals surface area contributed by atoms with Gasteiger partial charge in [-0.1, -0.05) is 26.3 Å². The number of aromatic nitrogens is 1. The first-order valence-electron chi connectivity index (χ1n) is 11.0. The van der Waals surface area contributed by atoms with Gasteiger partial charge in [0.2, 0.25) is 21.8 Å². The maximum Gasteiger partial charge on any atom is 0.248 e. The Bertz CT molecular complexity index is 1060. The topological polar surface area (TPSA) is 108 Å². The Hall–Kier alpha value is -2.85. The van der Waals surface area contributed by atoms with Crippen LogP contribution in [0.1, 0.15) is 33.1 Å². The average Bonchev–Trinajstić information content (AvgIpc) is 2.82. The van der Waals surface area contributed by atoms with Gasteiger partial charge in [0.15, 0.2) is 0 Å². The molecule has 0 radical (unpaired) electrons. The van der Waals surface area contributed by atoms with Gasteiger partial charge in [0.05, 0.1) is 10.8 Å². The van der Waals surface area contributed by atoms with Crippen molar-refractivity contribution in [2.45, 2.75) is 44.0 Å². The van der Waals surface area contributed by atoms with E-state index in [-0.39, 0.29) is 35.7 Å². The summed E-state index contributed by atoms with van der Waals surface area (Å²) in [6, 6.07) is 8.98. The van der Waals surface area contributed by atoms with Crippen molar-refractivity contribution >= 4 is 27.7 Å². The first-order chi connectivity index (χ1) is 15.7. The summed E-state index contributed by atoms with van der Waals surface area (Å²) in [7, 11) is -3.85. The van der Waals surface area contributed by atoms with E-state index in [0.29, 0.717) is 25.1 Å². The van der Waals surface area contributed by atoms with Crippen LogP contribution in [-0.2, 0) is 19.6 Å². The summed E-state index contributed by atoms with van der Waals surface area (Å²) in [5, 5.41) is 5.55. The lowest BCUT2D eigenvalue weighted by Gasteiger charge is -2.32. The minimum absolute atomic E-state index is 0.000624. The van der Waals surface area contributed by atoms with Gasteiger partial charge in [0.25, 0.3) is 0 Å². The molecule has 2 N–H and O–H groups in total. The van der Waals surface area contributed by atoms with E-state index >= 15 is 0 Å². The number of nitrogens with zero attached hydrogens (tertiary/aromatic N) is 2. The lowest BCUT2D eigenvalue weighted by atomic mass is 9.95. The predicted molar refractivity (Wildman–Crippen MR) is 122 cm³/mol. The number of carbonyl (C=O) groups excluding carboxylic acids is 2. The number of amides is 2. The predicted octanol–water partition coefficient (Wildman–Crippen LogP) is 2.79. The molecule has 3 atom stereocenters. The second kappa shape index (κ2) is 10.8. The highest BCUT2D eigenvalue weighted by Crippen LogP contribution is 2.24. The minimum Gasteiger partial charge on any atom is -0.344 e. The molecule has 0 saturated carbocycles. The Kier molecular flexibility index (Phi) is 8.15. The molecule has 10 heteroatoms. The van der Waals surface area contributed by atoms with Crippen molar-refractivity contribution in [3.05, 3.63) is 54.5 Å². The minimum atomic E-state index is -3.85. The highest BCUT2D eigenvalue weighted by Gasteiger charge is 2.35. The zero-order chi connectivity index (χ0) is 24.0. The number of sulfonamides is 1. The van der Waals surface area contributed by atoms with Crippen LogP contribution < -0.4 is 10.6 Å². The van der Waals surface area contributed by atoms with Gasteiger partial charge in [0, 0.05) is 19.3 Å². The fourth-order valence-electron chi connectivity index (χ4n) is 3.74. The van der Waals surface area contributed by atoms with E-state index in [0.717, 1.165) is 12.1 Å². The number of hydrogen-bond acceptors (Lipinski definition) is 5. The molecule has 2 amide bonds. The van der Waals surface area contributed by atoms with Gasteiger partial charge in [0.1, 0.15) is 17.7 Å². The number of anilines is 1. The summed E-state index contributed by atoms with van der Waals surface area (Å²) < 4.78 is 40.4. The van der Waals surface area contributed by atoms with E-state index in [2.05, 4.69) is 15.6 Å². The first kappa shape index (κ1) is 24.8. The van der Waals surface area contributed by atoms with Crippen molar-refractivity contribution < 1.29 is 22.4 Å². The Morgan fingerprint density at radius 1 is 1.21 bits per heavy atom. The molecule has 0 bridgehead atoms. The van der Waals surface area contributed by atoms with E-state index in [1.807, 2.05) is 13.8 Å². The van der Waals surface area contributed by atoms with Crippen molar-refractivity contribution in [2.24, 2.45) is 11.8 Å². The van der Waals surface area contributed by atoms with Gasteiger partial charge in [-0.15, -0.1) is 0 Å². The molecular weight excluding hydrogens is 447 g/mol. The van der Waals surface area contributed by atoms with Crippen LogP contribution in [0.15, 0.2) is 53.6 Å². The van der Waals surface area contributed by atoms with Crippen molar-refractivity contribution in [1.82, 2.24) is 14.6 Å². The fraction of sp³-hybridized carbons (Fsp3) is 0.435. The van der Waals surface area contributed by atoms with Gasteiger partial charge in [-0.25, -0.2) is 17.8 Å². The monoisotopic (exact) mass is 476 g/mol. The molecule has 178 valence electrons. The van der Waals surface area contributed by atoms with Gasteiger partial charge in [-0.2, -0.15) is 4.31 Å². The molecule has 8 nitrogen and oxygen atoms in total. The van der Waals surface area contributed by atoms with Crippen molar-refractivity contribution in [1.29, 1.82) is 0 Å². The van der Waals surface area contributed by atoms with Gasteiger partial charge in [-0.05, 0) is 55.2 Å². The number of piperidine rings is 1. The van der Waals surface area contributed by atoms with Crippen LogP contribution in [0.3, 0.4) is 0 Å². The summed E-state index contributed by atoms with van der Waals surface area (Å²) in [5.41, 5.74) is 0. The maximum absolute atomic E-state index is 13.2. The smallest absolute Gasteiger partial charge is 0.248 e. The first-order valence-corrected chi connectivity index (χ1v) is 12.4. The number of hydrogen-bond donors (Lipinski definition) is 2. The van der Waals surface area contributed by atoms with Crippen LogP contribution in [0.5, 0.6) is 0 Å². The second-order valence-electron chi connectivity index (χ2n) is 8.23. The van der Waals surface area contributed by atoms with Crippen molar-refractivity contribution in [3.8, 4) is 0 Å². The van der Waals surface area contributed by atoms with Crippen LogP contribution in [0, 0.1) is 17.7 Å². The number of carbonyl (C=O) groups is 2. The van der Waals surface area contributed by atoms with E-state index in [9.17, 15) is 22.4 Å². The summed E-state index contributed by atoms with van der Waals surface area (Å²) >= 11 is 0. The van der Waals surface area contributed by atoms with Gasteiger partial charge < -0.3 is 10.6 Å². The highest BCUT2D eigenvalue weighted by atomic mass is 32.2. The summed E-state index contributed by atoms with van der Waals surface area (Å²) in [5.74, 6) is -1.61. The van der Waals surface area contributed by atoms with E-state index in [4.69, 9.17) is 0 Å². The molecule has 1 aliphatic rings. The highest BCUT2D eigenvalue weighted by molar-refractivity contribution is 7.89. The molecule has 1 saturated heterocycles. The zero-order valence-electron chi connectivity index (χ0n) is 18.7. The number of nitrogens with one attached hydrogen (secondary N) is 2. The van der Waals surface area contributed by atoms with Gasteiger partial charge in [-0.3, -0.25) is 9.59 Å². The maximum atomic E-state index is 13.2. The zero-order valence-corrected chi connectivity index (χ0v) is 19.5. The van der Waals surface area contributed by atoms with Crippen LogP contribution in [-0.4, -0.2) is 48.7 Å². The average molecular weight is 477 g/mol. The Labute approximate surface area is 193 Å². The lowest BCUT2D eigenvalue weighted by Crippen LogP contribution is -2.52. The molecule has 1 aromatic carbocycles. The normalized spacial score (nSPS) is 18.8. The third-order valence-corrected chi connectivity index (χ3v) is 7.80. The fourth-order valence-corrected chi connectivity index (χ4v) is 5.27. The molecule has 2 heterocycles. The number of benzene rings is 1. The molecule has 1 fully saturated rings. The van der Waals surface area contributed by atoms with E-state index in [1.165, 1.54) is 16.4 Å². The van der Waals surface area contributed by atoms with Crippen molar-refractivity contribution in [2.75, 3.05) is 18.4 Å². The third-order valence-electron chi connectivity index (χ3n) is 5.92. The molecule has 3 rings (SSSR count). The van der Waals surface area contributed by atoms with Crippen molar-refractivity contribution in [3.63, 3.8) is 0 Å². The number of halogens is 1. The van der Waals surface area contributed by atoms with Crippen LogP contribution in [0.25, 0.3) is 0 Å². The molecule has 2 aromatic rings. The summed E-state index contributed by atoms with van der Waals surface area (Å²) in [6.45, 7) is 4.07. The summed E-state index contributed by atoms with van der Waals surface area (Å²) in [6.07, 6.45) is 3.24. The van der Waals surface area contributed by atoms with Crippen LogP contribution in [0.4, 0.5) is 10.2 Å². The van der Waals surface area contributed by atoms with Crippen LogP contribution in [0.2, 0.25) is 0 Å². The molecular formula is C23H29FN4O4S. The molecule has 0 aliphatic carbocycles. The largest absolute Gasteiger partial charge is 0.344 e. The molecule has 2 unspecified atom stereocenters. The Morgan fingerprint density at radius 3 is 2.58 bits per heavy atom. The van der Waals surface area contributed by atoms with Crippen LogP contribution >= 0.6 is 0 Å². The van der Waals surface area contributed by atoms with E-state index < -0.39 is 27.8 Å². The second-order valence-corrected chi connectivity index (χ2v) is 10.2. The lowest BCUT2D eigenvalue weighted by molar-refractivity contribution is -0.131. The Morgan fingerprint density at radius 2 is 1.94 bits per heavy atom. The summed E-state index contributed by atoms with van der Waals surface area (Å²) in [4.78, 5) is 30.0.